The van der Waals surface area contributed by atoms with Crippen LogP contribution < -0.4 is 9.47 Å². The zero-order valence-electron chi connectivity index (χ0n) is 14.8. The maximum absolute atomic E-state index is 13.0. The summed E-state index contributed by atoms with van der Waals surface area (Å²) in [4.78, 5) is 24.0. The van der Waals surface area contributed by atoms with Crippen molar-refractivity contribution < 1.29 is 32.2 Å². The quantitative estimate of drug-likeness (QED) is 0.217. The largest absolute Gasteiger partial charge is 0.426 e. The van der Waals surface area contributed by atoms with Gasteiger partial charge in [-0.1, -0.05) is 40.5 Å². The number of carbonyl (C=O) groups excluding carboxylic acids is 2. The summed E-state index contributed by atoms with van der Waals surface area (Å²) in [6, 6.07) is 10.0. The Morgan fingerprint density at radius 1 is 0.893 bits per heavy atom. The van der Waals surface area contributed by atoms with E-state index in [4.69, 9.17) is 9.47 Å². The van der Waals surface area contributed by atoms with Crippen molar-refractivity contribution in [2.24, 2.45) is 0 Å². The highest BCUT2D eigenvalue weighted by Gasteiger charge is 2.35. The van der Waals surface area contributed by atoms with Crippen LogP contribution >= 0.6 is 15.9 Å². The summed E-state index contributed by atoms with van der Waals surface area (Å²) in [6.45, 7) is 0. The molecule has 0 radical (unpaired) electrons. The number of hydrogen-bond donors (Lipinski definition) is 0. The molecule has 0 bridgehead atoms. The van der Waals surface area contributed by atoms with Gasteiger partial charge in [0.1, 0.15) is 11.5 Å². The Hall–Kier alpha value is -2.35. The molecular weight excluding hydrogens is 441 g/mol. The molecule has 0 atom stereocenters. The summed E-state index contributed by atoms with van der Waals surface area (Å²) < 4.78 is 49.3. The minimum absolute atomic E-state index is 0.0217. The number of carbonyl (C=O) groups is 2. The van der Waals surface area contributed by atoms with Crippen molar-refractivity contribution in [2.75, 3.05) is 5.33 Å². The Morgan fingerprint density at radius 3 is 2.25 bits per heavy atom. The third kappa shape index (κ3) is 6.67. The van der Waals surface area contributed by atoms with Gasteiger partial charge in [-0.3, -0.25) is 4.79 Å². The van der Waals surface area contributed by atoms with Gasteiger partial charge in [-0.25, -0.2) is 4.79 Å². The number of ether oxygens (including phenoxy) is 2. The van der Waals surface area contributed by atoms with Crippen LogP contribution in [0.1, 0.15) is 41.6 Å². The number of rotatable bonds is 8. The second-order valence-electron chi connectivity index (χ2n) is 5.88. The molecular formula is C20H18BrF3O4. The molecule has 150 valence electrons. The van der Waals surface area contributed by atoms with Gasteiger partial charge in [-0.05, 0) is 37.1 Å². The van der Waals surface area contributed by atoms with Crippen molar-refractivity contribution in [1.82, 2.24) is 0 Å². The Kier molecular flexibility index (Phi) is 8.04. The maximum atomic E-state index is 13.0. The lowest BCUT2D eigenvalue weighted by Crippen LogP contribution is -2.17. The molecule has 0 aliphatic rings. The van der Waals surface area contributed by atoms with Gasteiger partial charge in [0.15, 0.2) is 0 Å². The fourth-order valence-electron chi connectivity index (χ4n) is 2.39. The first-order chi connectivity index (χ1) is 13.3. The van der Waals surface area contributed by atoms with E-state index < -0.39 is 29.2 Å². The first-order valence-corrected chi connectivity index (χ1v) is 9.68. The fourth-order valence-corrected chi connectivity index (χ4v) is 2.79. The van der Waals surface area contributed by atoms with Crippen LogP contribution in [0.4, 0.5) is 13.2 Å². The standard InChI is InChI=1S/C20H18BrF3O4/c21-12-5-1-2-11-18(25)27-14-7-6-8-15(13-14)28-19(26)16-9-3-4-10-17(16)20(22,23)24/h3-4,6-10,13H,1-2,5,11-12H2. The third-order valence-corrected chi connectivity index (χ3v) is 4.28. The van der Waals surface area contributed by atoms with Crippen LogP contribution in [0.15, 0.2) is 48.5 Å². The SMILES string of the molecule is O=C(CCCCCBr)Oc1cccc(OC(=O)c2ccccc2C(F)(F)F)c1. The molecule has 2 aromatic rings. The van der Waals surface area contributed by atoms with Crippen LogP contribution in [0.5, 0.6) is 11.5 Å². The molecule has 2 rings (SSSR count). The van der Waals surface area contributed by atoms with E-state index in [1.165, 1.54) is 36.4 Å². The fraction of sp³-hybridized carbons (Fsp3) is 0.300. The minimum Gasteiger partial charge on any atom is -0.426 e. The molecule has 28 heavy (non-hydrogen) atoms. The van der Waals surface area contributed by atoms with Crippen LogP contribution in [0, 0.1) is 0 Å². The average molecular weight is 459 g/mol. The molecule has 0 saturated carbocycles. The lowest BCUT2D eigenvalue weighted by atomic mass is 10.1. The first kappa shape index (κ1) is 21.9. The average Bonchev–Trinajstić information content (AvgIpc) is 2.65. The summed E-state index contributed by atoms with van der Waals surface area (Å²) in [5.74, 6) is -1.45. The van der Waals surface area contributed by atoms with Gasteiger partial charge < -0.3 is 9.47 Å². The van der Waals surface area contributed by atoms with Crippen LogP contribution in [0.2, 0.25) is 0 Å². The number of benzene rings is 2. The topological polar surface area (TPSA) is 52.6 Å². The Bertz CT molecular complexity index is 821. The van der Waals surface area contributed by atoms with E-state index >= 15 is 0 Å². The molecule has 4 nitrogen and oxygen atoms in total. The van der Waals surface area contributed by atoms with Crippen molar-refractivity contribution in [2.45, 2.75) is 31.9 Å². The van der Waals surface area contributed by atoms with Crippen LogP contribution in [-0.2, 0) is 11.0 Å². The Labute approximate surface area is 168 Å². The molecule has 2 aromatic carbocycles. The number of alkyl halides is 4. The van der Waals surface area contributed by atoms with E-state index in [0.29, 0.717) is 6.42 Å². The summed E-state index contributed by atoms with van der Waals surface area (Å²) in [5, 5.41) is 0.868. The first-order valence-electron chi connectivity index (χ1n) is 8.56. The highest BCUT2D eigenvalue weighted by molar-refractivity contribution is 9.09. The molecule has 0 saturated heterocycles. The van der Waals surface area contributed by atoms with Gasteiger partial charge in [0, 0.05) is 17.8 Å². The van der Waals surface area contributed by atoms with E-state index in [1.807, 2.05) is 0 Å². The molecule has 0 amide bonds. The van der Waals surface area contributed by atoms with Gasteiger partial charge in [-0.15, -0.1) is 0 Å². The van der Waals surface area contributed by atoms with Crippen molar-refractivity contribution >= 4 is 27.9 Å². The van der Waals surface area contributed by atoms with E-state index in [1.54, 1.807) is 0 Å². The predicted octanol–water partition coefficient (Wildman–Crippen LogP) is 5.79. The van der Waals surface area contributed by atoms with Crippen molar-refractivity contribution in [1.29, 1.82) is 0 Å². The van der Waals surface area contributed by atoms with Crippen LogP contribution in [-0.4, -0.2) is 17.3 Å². The van der Waals surface area contributed by atoms with Gasteiger partial charge in [0.05, 0.1) is 11.1 Å². The van der Waals surface area contributed by atoms with Crippen LogP contribution in [0.3, 0.4) is 0 Å². The number of unbranched alkanes of at least 4 members (excludes halogenated alkanes) is 2. The zero-order chi connectivity index (χ0) is 20.6. The third-order valence-electron chi connectivity index (χ3n) is 3.71. The summed E-state index contributed by atoms with van der Waals surface area (Å²) in [6.07, 6.45) is -1.90. The molecule has 0 aromatic heterocycles. The maximum Gasteiger partial charge on any atom is 0.417 e. The molecule has 0 unspecified atom stereocenters. The number of esters is 2. The van der Waals surface area contributed by atoms with Crippen molar-refractivity contribution in [3.63, 3.8) is 0 Å². The minimum atomic E-state index is -4.68. The summed E-state index contributed by atoms with van der Waals surface area (Å²) >= 11 is 3.31. The molecule has 0 N–H and O–H groups in total. The van der Waals surface area contributed by atoms with Crippen molar-refractivity contribution in [3.05, 3.63) is 59.7 Å². The molecule has 0 heterocycles. The number of hydrogen-bond acceptors (Lipinski definition) is 4. The monoisotopic (exact) mass is 458 g/mol. The Morgan fingerprint density at radius 2 is 1.57 bits per heavy atom. The van der Waals surface area contributed by atoms with E-state index in [-0.39, 0.29) is 17.9 Å². The van der Waals surface area contributed by atoms with Gasteiger partial charge in [-0.2, -0.15) is 13.2 Å². The summed E-state index contributed by atoms with van der Waals surface area (Å²) in [7, 11) is 0. The van der Waals surface area contributed by atoms with Gasteiger partial charge in [0.25, 0.3) is 0 Å². The Balaban J connectivity index is 2.03. The zero-order valence-corrected chi connectivity index (χ0v) is 16.4. The molecule has 0 aliphatic carbocycles. The highest BCUT2D eigenvalue weighted by Crippen LogP contribution is 2.32. The second-order valence-corrected chi connectivity index (χ2v) is 6.67. The van der Waals surface area contributed by atoms with E-state index in [0.717, 1.165) is 30.3 Å². The smallest absolute Gasteiger partial charge is 0.417 e. The lowest BCUT2D eigenvalue weighted by Gasteiger charge is -2.12. The molecule has 8 heteroatoms. The predicted molar refractivity (Wildman–Crippen MR) is 101 cm³/mol. The van der Waals surface area contributed by atoms with Crippen LogP contribution in [0.25, 0.3) is 0 Å². The number of halogens is 4. The highest BCUT2D eigenvalue weighted by atomic mass is 79.9. The van der Waals surface area contributed by atoms with Gasteiger partial charge in [0.2, 0.25) is 0 Å². The second kappa shape index (κ2) is 10.3. The molecule has 0 fully saturated rings. The van der Waals surface area contributed by atoms with E-state index in [9.17, 15) is 22.8 Å². The molecule has 0 spiro atoms. The van der Waals surface area contributed by atoms with Gasteiger partial charge >= 0.3 is 18.1 Å². The normalized spacial score (nSPS) is 11.1. The molecule has 0 aliphatic heterocycles. The summed E-state index contributed by atoms with van der Waals surface area (Å²) in [5.41, 5.74) is -1.67. The van der Waals surface area contributed by atoms with Crippen molar-refractivity contribution in [3.8, 4) is 11.5 Å². The lowest BCUT2D eigenvalue weighted by molar-refractivity contribution is -0.138. The van der Waals surface area contributed by atoms with E-state index in [2.05, 4.69) is 15.9 Å².